The minimum Gasteiger partial charge on any atom is -0.480 e. The van der Waals surface area contributed by atoms with Gasteiger partial charge in [-0.2, -0.15) is 0 Å². The number of aliphatic carboxylic acids is 1. The lowest BCUT2D eigenvalue weighted by molar-refractivity contribution is -0.142. The minimum absolute atomic E-state index is 0.176. The van der Waals surface area contributed by atoms with Gasteiger partial charge in [-0.25, -0.2) is 4.79 Å². The van der Waals surface area contributed by atoms with E-state index in [1.165, 1.54) is 0 Å². The van der Waals surface area contributed by atoms with Gasteiger partial charge in [0.15, 0.2) is 0 Å². The second-order valence-electron chi connectivity index (χ2n) is 5.18. The van der Waals surface area contributed by atoms with Crippen LogP contribution in [0.2, 0.25) is 0 Å². The van der Waals surface area contributed by atoms with Gasteiger partial charge in [0.25, 0.3) is 0 Å². The van der Waals surface area contributed by atoms with Gasteiger partial charge in [0, 0.05) is 0 Å². The highest BCUT2D eigenvalue weighted by Crippen LogP contribution is 2.15. The van der Waals surface area contributed by atoms with Gasteiger partial charge in [0.2, 0.25) is 5.91 Å². The van der Waals surface area contributed by atoms with Crippen molar-refractivity contribution in [2.75, 3.05) is 6.54 Å². The summed E-state index contributed by atoms with van der Waals surface area (Å²) in [6.07, 6.45) is 4.10. The Balaban J connectivity index is 2.46. The number of carboxylic acid groups (broad SMARTS) is 1. The van der Waals surface area contributed by atoms with Gasteiger partial charge >= 0.3 is 5.97 Å². The van der Waals surface area contributed by atoms with E-state index in [9.17, 15) is 9.59 Å². The molecule has 0 aromatic carbocycles. The number of nitrogens with one attached hydrogen (secondary N) is 2. The molecule has 1 aliphatic heterocycles. The van der Waals surface area contributed by atoms with Gasteiger partial charge in [-0.3, -0.25) is 4.79 Å². The highest BCUT2D eigenvalue weighted by atomic mass is 16.4. The first-order valence-corrected chi connectivity index (χ1v) is 6.81. The molecule has 1 fully saturated rings. The molecule has 2 unspecified atom stereocenters. The van der Waals surface area contributed by atoms with E-state index < -0.39 is 12.0 Å². The van der Waals surface area contributed by atoms with Crippen molar-refractivity contribution >= 4 is 11.9 Å². The summed E-state index contributed by atoms with van der Waals surface area (Å²) in [6.45, 7) is 4.95. The van der Waals surface area contributed by atoms with Crippen molar-refractivity contribution in [3.8, 4) is 0 Å². The van der Waals surface area contributed by atoms with Crippen LogP contribution in [0.1, 0.15) is 46.0 Å². The number of hydrogen-bond donors (Lipinski definition) is 3. The van der Waals surface area contributed by atoms with Crippen LogP contribution in [0.25, 0.3) is 0 Å². The zero-order valence-electron chi connectivity index (χ0n) is 11.2. The number of carbonyl (C=O) groups is 2. The van der Waals surface area contributed by atoms with Crippen LogP contribution in [0.3, 0.4) is 0 Å². The number of rotatable bonds is 6. The van der Waals surface area contributed by atoms with Crippen LogP contribution in [0.15, 0.2) is 0 Å². The lowest BCUT2D eigenvalue weighted by Gasteiger charge is -2.28. The Morgan fingerprint density at radius 1 is 1.50 bits per heavy atom. The average molecular weight is 256 g/mol. The van der Waals surface area contributed by atoms with Gasteiger partial charge in [-0.05, 0) is 31.7 Å². The van der Waals surface area contributed by atoms with E-state index in [4.69, 9.17) is 5.11 Å². The topological polar surface area (TPSA) is 78.4 Å². The highest BCUT2D eigenvalue weighted by Gasteiger charge is 2.27. The average Bonchev–Trinajstić information content (AvgIpc) is 2.33. The van der Waals surface area contributed by atoms with E-state index in [1.54, 1.807) is 0 Å². The van der Waals surface area contributed by atoms with Crippen molar-refractivity contribution in [2.45, 2.75) is 58.0 Å². The van der Waals surface area contributed by atoms with Crippen molar-refractivity contribution in [3.05, 3.63) is 0 Å². The first-order valence-electron chi connectivity index (χ1n) is 6.81. The maximum Gasteiger partial charge on any atom is 0.326 e. The van der Waals surface area contributed by atoms with Crippen LogP contribution >= 0.6 is 0 Å². The third-order valence-electron chi connectivity index (χ3n) is 3.44. The summed E-state index contributed by atoms with van der Waals surface area (Å²) in [4.78, 5) is 23.0. The molecule has 0 spiro atoms. The summed E-state index contributed by atoms with van der Waals surface area (Å²) in [6, 6.07) is -0.992. The fraction of sp³-hybridized carbons (Fsp3) is 0.846. The van der Waals surface area contributed by atoms with Crippen LogP contribution in [-0.4, -0.2) is 35.6 Å². The Bertz CT molecular complexity index is 294. The molecule has 3 atom stereocenters. The fourth-order valence-electron chi connectivity index (χ4n) is 2.25. The van der Waals surface area contributed by atoms with Gasteiger partial charge in [-0.15, -0.1) is 0 Å². The lowest BCUT2D eigenvalue weighted by atomic mass is 9.93. The lowest BCUT2D eigenvalue weighted by Crippen LogP contribution is -2.52. The molecule has 0 radical (unpaired) electrons. The van der Waals surface area contributed by atoms with Gasteiger partial charge in [0.1, 0.15) is 6.04 Å². The smallest absolute Gasteiger partial charge is 0.326 e. The van der Waals surface area contributed by atoms with Crippen LogP contribution in [-0.2, 0) is 9.59 Å². The maximum absolute atomic E-state index is 12.0. The Morgan fingerprint density at radius 3 is 2.78 bits per heavy atom. The Morgan fingerprint density at radius 2 is 2.22 bits per heavy atom. The molecule has 0 aromatic rings. The molecule has 1 amide bonds. The number of unbranched alkanes of at least 4 members (excludes halogenated alkanes) is 1. The molecule has 5 nitrogen and oxygen atoms in total. The number of piperidine rings is 1. The van der Waals surface area contributed by atoms with E-state index in [1.807, 2.05) is 6.92 Å². The summed E-state index contributed by atoms with van der Waals surface area (Å²) >= 11 is 0. The summed E-state index contributed by atoms with van der Waals surface area (Å²) in [5, 5.41) is 14.8. The van der Waals surface area contributed by atoms with Crippen molar-refractivity contribution in [1.29, 1.82) is 0 Å². The van der Waals surface area contributed by atoms with Crippen molar-refractivity contribution in [2.24, 2.45) is 5.92 Å². The monoisotopic (exact) mass is 256 g/mol. The zero-order valence-corrected chi connectivity index (χ0v) is 11.2. The third-order valence-corrected chi connectivity index (χ3v) is 3.44. The Labute approximate surface area is 108 Å². The molecule has 1 aliphatic rings. The fourth-order valence-corrected chi connectivity index (χ4v) is 2.25. The van der Waals surface area contributed by atoms with E-state index in [0.29, 0.717) is 12.3 Å². The quantitative estimate of drug-likeness (QED) is 0.666. The number of carbonyl (C=O) groups excluding carboxylic acids is 1. The molecule has 1 saturated heterocycles. The molecule has 1 rings (SSSR count). The molecule has 3 N–H and O–H groups in total. The number of carboxylic acids is 1. The summed E-state index contributed by atoms with van der Waals surface area (Å²) in [5.41, 5.74) is 0. The first kappa shape index (κ1) is 15.0. The standard InChI is InChI=1S/C13H24N2O3/c1-3-4-5-10(13(17)18)15-12(16)11-8-9(2)6-7-14-11/h9-11,14H,3-8H2,1-2H3,(H,15,16)(H,17,18)/t9?,10-,11?/m0/s1. The summed E-state index contributed by atoms with van der Waals surface area (Å²) < 4.78 is 0. The second-order valence-corrected chi connectivity index (χ2v) is 5.18. The van der Waals surface area contributed by atoms with Crippen molar-refractivity contribution in [1.82, 2.24) is 10.6 Å². The molecule has 0 bridgehead atoms. The Kier molecular flexibility index (Phi) is 6.12. The molecule has 5 heteroatoms. The molecule has 0 saturated carbocycles. The molecule has 0 aromatic heterocycles. The van der Waals surface area contributed by atoms with E-state index >= 15 is 0 Å². The molecule has 18 heavy (non-hydrogen) atoms. The molecule has 104 valence electrons. The minimum atomic E-state index is -0.944. The largest absolute Gasteiger partial charge is 0.480 e. The van der Waals surface area contributed by atoms with Crippen molar-refractivity contribution < 1.29 is 14.7 Å². The number of amides is 1. The number of hydrogen-bond acceptors (Lipinski definition) is 3. The summed E-state index contributed by atoms with van der Waals surface area (Å²) in [5.74, 6) is -0.605. The normalized spacial score (nSPS) is 25.4. The van der Waals surface area contributed by atoms with Crippen LogP contribution < -0.4 is 10.6 Å². The third kappa shape index (κ3) is 4.64. The first-order chi connectivity index (χ1) is 8.54. The molecular formula is C13H24N2O3. The van der Waals surface area contributed by atoms with E-state index in [2.05, 4.69) is 17.6 Å². The Hall–Kier alpha value is -1.10. The predicted octanol–water partition coefficient (Wildman–Crippen LogP) is 1.13. The molecular weight excluding hydrogens is 232 g/mol. The van der Waals surface area contributed by atoms with Gasteiger partial charge < -0.3 is 15.7 Å². The molecule has 1 heterocycles. The van der Waals surface area contributed by atoms with E-state index in [-0.39, 0.29) is 11.9 Å². The van der Waals surface area contributed by atoms with Crippen molar-refractivity contribution in [3.63, 3.8) is 0 Å². The van der Waals surface area contributed by atoms with E-state index in [0.717, 1.165) is 32.2 Å². The van der Waals surface area contributed by atoms with Crippen LogP contribution in [0, 0.1) is 5.92 Å². The maximum atomic E-state index is 12.0. The van der Waals surface area contributed by atoms with Gasteiger partial charge in [0.05, 0.1) is 6.04 Å². The highest BCUT2D eigenvalue weighted by molar-refractivity contribution is 5.86. The second kappa shape index (κ2) is 7.36. The zero-order chi connectivity index (χ0) is 13.5. The predicted molar refractivity (Wildman–Crippen MR) is 69.3 cm³/mol. The van der Waals surface area contributed by atoms with Gasteiger partial charge in [-0.1, -0.05) is 26.7 Å². The summed E-state index contributed by atoms with van der Waals surface area (Å²) in [7, 11) is 0. The SMILES string of the molecule is CCCC[C@H](NC(=O)C1CC(C)CCN1)C(=O)O. The van der Waals surface area contributed by atoms with Crippen LogP contribution in [0.4, 0.5) is 0 Å². The van der Waals surface area contributed by atoms with Crippen LogP contribution in [0.5, 0.6) is 0 Å². The molecule has 0 aliphatic carbocycles.